The van der Waals surface area contributed by atoms with Gasteiger partial charge in [0.05, 0.1) is 0 Å². The summed E-state index contributed by atoms with van der Waals surface area (Å²) in [5.74, 6) is 0. The van der Waals surface area contributed by atoms with Crippen LogP contribution in [-0.2, 0) is 0 Å². The monoisotopic (exact) mass is 348 g/mol. The van der Waals surface area contributed by atoms with E-state index in [9.17, 15) is 0 Å². The molecule has 1 aromatic heterocycles. The van der Waals surface area contributed by atoms with Gasteiger partial charge in [-0.3, -0.25) is 4.90 Å². The molecule has 0 aliphatic carbocycles. The summed E-state index contributed by atoms with van der Waals surface area (Å²) in [5, 5.41) is 3.48. The molecule has 1 aliphatic rings. The molecule has 2 aromatic rings. The molecule has 0 amide bonds. The van der Waals surface area contributed by atoms with Gasteiger partial charge in [-0.1, -0.05) is 30.3 Å². The molecule has 2 heterocycles. The molecule has 1 aromatic carbocycles. The molecular weight excluding hydrogens is 324 g/mol. The Hall–Kier alpha value is -1.69. The number of piperazine rings is 1. The van der Waals surface area contributed by atoms with Gasteiger partial charge in [0, 0.05) is 43.6 Å². The predicted molar refractivity (Wildman–Crippen MR) is 97.9 cm³/mol. The van der Waals surface area contributed by atoms with Crippen LogP contribution in [0.1, 0.15) is 23.0 Å². The molecule has 130 valence electrons. The first-order valence-electron chi connectivity index (χ1n) is 8.17. The molecule has 0 saturated carbocycles. The van der Waals surface area contributed by atoms with Gasteiger partial charge in [0.15, 0.2) is 0 Å². The Bertz CT molecular complexity index is 618. The van der Waals surface area contributed by atoms with E-state index in [0.717, 1.165) is 37.6 Å². The Morgan fingerprint density at radius 1 is 1.17 bits per heavy atom. The van der Waals surface area contributed by atoms with Crippen molar-refractivity contribution in [3.8, 4) is 6.01 Å². The first-order valence-corrected chi connectivity index (χ1v) is 8.17. The molecule has 0 bridgehead atoms. The van der Waals surface area contributed by atoms with E-state index in [1.54, 1.807) is 0 Å². The largest absolute Gasteiger partial charge is 0.462 e. The van der Waals surface area contributed by atoms with Crippen LogP contribution in [0.5, 0.6) is 6.01 Å². The second-order valence-electron chi connectivity index (χ2n) is 5.95. The van der Waals surface area contributed by atoms with E-state index in [1.165, 1.54) is 5.56 Å². The first-order chi connectivity index (χ1) is 11.2. The fourth-order valence-corrected chi connectivity index (χ4v) is 3.03. The van der Waals surface area contributed by atoms with Gasteiger partial charge in [-0.2, -0.15) is 0 Å². The summed E-state index contributed by atoms with van der Waals surface area (Å²) in [5.41, 5.74) is 3.23. The number of aromatic nitrogens is 2. The third-order valence-electron chi connectivity index (χ3n) is 4.11. The molecule has 1 atom stereocenters. The topological polar surface area (TPSA) is 50.3 Å². The maximum Gasteiger partial charge on any atom is 0.316 e. The summed E-state index contributed by atoms with van der Waals surface area (Å²) in [7, 11) is 0. The molecule has 3 rings (SSSR count). The van der Waals surface area contributed by atoms with E-state index < -0.39 is 0 Å². The standard InChI is InChI=1S/C18H24N4O.ClH/c1-14-12-15(2)21-18(20-14)23-11-10-22-9-8-19-13-17(22)16-6-4-3-5-7-16;/h3-7,12,17,19H,8-11,13H2,1-2H3;1H. The van der Waals surface area contributed by atoms with Gasteiger partial charge >= 0.3 is 6.01 Å². The maximum absolute atomic E-state index is 5.77. The molecule has 1 fully saturated rings. The van der Waals surface area contributed by atoms with E-state index in [2.05, 4.69) is 50.5 Å². The minimum absolute atomic E-state index is 0. The van der Waals surface area contributed by atoms with Gasteiger partial charge < -0.3 is 10.1 Å². The Labute approximate surface area is 149 Å². The lowest BCUT2D eigenvalue weighted by Gasteiger charge is -2.36. The van der Waals surface area contributed by atoms with Gasteiger partial charge in [-0.25, -0.2) is 9.97 Å². The van der Waals surface area contributed by atoms with Crippen LogP contribution in [0.2, 0.25) is 0 Å². The van der Waals surface area contributed by atoms with Crippen molar-refractivity contribution in [3.05, 3.63) is 53.3 Å². The average Bonchev–Trinajstić information content (AvgIpc) is 2.55. The zero-order chi connectivity index (χ0) is 16.1. The second-order valence-corrected chi connectivity index (χ2v) is 5.95. The Balaban J connectivity index is 0.00000208. The normalized spacial score (nSPS) is 18.0. The van der Waals surface area contributed by atoms with Crippen molar-refractivity contribution >= 4 is 12.4 Å². The minimum Gasteiger partial charge on any atom is -0.462 e. The fraction of sp³-hybridized carbons (Fsp3) is 0.444. The highest BCUT2D eigenvalue weighted by atomic mass is 35.5. The summed E-state index contributed by atoms with van der Waals surface area (Å²) in [4.78, 5) is 11.1. The molecule has 0 spiro atoms. The highest BCUT2D eigenvalue weighted by Gasteiger charge is 2.23. The molecular formula is C18H25ClN4O. The van der Waals surface area contributed by atoms with Crippen molar-refractivity contribution in [3.63, 3.8) is 0 Å². The summed E-state index contributed by atoms with van der Waals surface area (Å²) < 4.78 is 5.77. The molecule has 1 aliphatic heterocycles. The van der Waals surface area contributed by atoms with Gasteiger partial charge in [0.1, 0.15) is 6.61 Å². The first kappa shape index (κ1) is 18.6. The van der Waals surface area contributed by atoms with Crippen molar-refractivity contribution in [1.82, 2.24) is 20.2 Å². The lowest BCUT2D eigenvalue weighted by atomic mass is 10.0. The second kappa shape index (κ2) is 8.97. The molecule has 6 heteroatoms. The SMILES string of the molecule is Cc1cc(C)nc(OCCN2CCNCC2c2ccccc2)n1.Cl. The van der Waals surface area contributed by atoms with Crippen LogP contribution in [0, 0.1) is 13.8 Å². The minimum atomic E-state index is 0. The van der Waals surface area contributed by atoms with Gasteiger partial charge in [0.2, 0.25) is 0 Å². The number of aryl methyl sites for hydroxylation is 2. The van der Waals surface area contributed by atoms with Crippen molar-refractivity contribution in [2.45, 2.75) is 19.9 Å². The Morgan fingerprint density at radius 2 is 1.88 bits per heavy atom. The number of halogens is 1. The van der Waals surface area contributed by atoms with Crippen LogP contribution >= 0.6 is 12.4 Å². The maximum atomic E-state index is 5.77. The van der Waals surface area contributed by atoms with E-state index in [4.69, 9.17) is 4.74 Å². The highest BCUT2D eigenvalue weighted by molar-refractivity contribution is 5.85. The van der Waals surface area contributed by atoms with Gasteiger partial charge in [0.25, 0.3) is 0 Å². The molecule has 1 unspecified atom stereocenters. The number of nitrogens with zero attached hydrogens (tertiary/aromatic N) is 3. The predicted octanol–water partition coefficient (Wildman–Crippen LogP) is 2.54. The number of hydrogen-bond donors (Lipinski definition) is 1. The number of rotatable bonds is 5. The van der Waals surface area contributed by atoms with Crippen LogP contribution in [0.25, 0.3) is 0 Å². The molecule has 1 N–H and O–H groups in total. The van der Waals surface area contributed by atoms with E-state index in [-0.39, 0.29) is 12.4 Å². The van der Waals surface area contributed by atoms with E-state index in [1.807, 2.05) is 19.9 Å². The molecule has 1 saturated heterocycles. The lowest BCUT2D eigenvalue weighted by Crippen LogP contribution is -2.47. The van der Waals surface area contributed by atoms with Crippen LogP contribution < -0.4 is 10.1 Å². The van der Waals surface area contributed by atoms with Gasteiger partial charge in [-0.15, -0.1) is 12.4 Å². The van der Waals surface area contributed by atoms with E-state index >= 15 is 0 Å². The number of hydrogen-bond acceptors (Lipinski definition) is 5. The number of ether oxygens (including phenoxy) is 1. The quantitative estimate of drug-likeness (QED) is 0.899. The van der Waals surface area contributed by atoms with Crippen molar-refractivity contribution in [2.24, 2.45) is 0 Å². The van der Waals surface area contributed by atoms with E-state index in [0.29, 0.717) is 18.7 Å². The van der Waals surface area contributed by atoms with Crippen LogP contribution in [-0.4, -0.2) is 47.7 Å². The highest BCUT2D eigenvalue weighted by Crippen LogP contribution is 2.21. The molecule has 24 heavy (non-hydrogen) atoms. The fourth-order valence-electron chi connectivity index (χ4n) is 3.03. The van der Waals surface area contributed by atoms with Crippen LogP contribution in [0.4, 0.5) is 0 Å². The van der Waals surface area contributed by atoms with Crippen molar-refractivity contribution in [1.29, 1.82) is 0 Å². The van der Waals surface area contributed by atoms with Gasteiger partial charge in [-0.05, 0) is 25.5 Å². The zero-order valence-electron chi connectivity index (χ0n) is 14.2. The number of benzene rings is 1. The third kappa shape index (κ3) is 4.90. The lowest BCUT2D eigenvalue weighted by molar-refractivity contribution is 0.130. The number of nitrogens with one attached hydrogen (secondary N) is 1. The summed E-state index contributed by atoms with van der Waals surface area (Å²) in [6.45, 7) is 8.42. The third-order valence-corrected chi connectivity index (χ3v) is 4.11. The van der Waals surface area contributed by atoms with Crippen molar-refractivity contribution in [2.75, 3.05) is 32.8 Å². The van der Waals surface area contributed by atoms with Crippen LogP contribution in [0.15, 0.2) is 36.4 Å². The van der Waals surface area contributed by atoms with Crippen molar-refractivity contribution < 1.29 is 4.74 Å². The molecule has 0 radical (unpaired) electrons. The summed E-state index contributed by atoms with van der Waals surface area (Å²) in [6, 6.07) is 13.5. The van der Waals surface area contributed by atoms with Crippen LogP contribution in [0.3, 0.4) is 0 Å². The summed E-state index contributed by atoms with van der Waals surface area (Å²) >= 11 is 0. The Kier molecular flexibility index (Phi) is 6.97. The summed E-state index contributed by atoms with van der Waals surface area (Å²) in [6.07, 6.45) is 0. The zero-order valence-corrected chi connectivity index (χ0v) is 15.1. The average molecular weight is 349 g/mol. The smallest absolute Gasteiger partial charge is 0.316 e. The molecule has 5 nitrogen and oxygen atoms in total. The Morgan fingerprint density at radius 3 is 2.58 bits per heavy atom.